The maximum Gasteiger partial charge on any atom is 0.166 e. The fourth-order valence-electron chi connectivity index (χ4n) is 2.76. The van der Waals surface area contributed by atoms with Crippen molar-refractivity contribution < 1.29 is 13.9 Å². The van der Waals surface area contributed by atoms with Crippen molar-refractivity contribution >= 4 is 5.78 Å². The molecule has 0 aromatic carbocycles. The molecule has 0 N–H and O–H groups in total. The Labute approximate surface area is 114 Å². The van der Waals surface area contributed by atoms with E-state index in [0.29, 0.717) is 18.8 Å². The van der Waals surface area contributed by atoms with E-state index in [2.05, 4.69) is 19.9 Å². The number of furan rings is 1. The quantitative estimate of drug-likeness (QED) is 0.724. The Kier molecular flexibility index (Phi) is 4.25. The first kappa shape index (κ1) is 14.1. The van der Waals surface area contributed by atoms with Gasteiger partial charge in [0.05, 0.1) is 17.9 Å². The van der Waals surface area contributed by atoms with Gasteiger partial charge in [0.2, 0.25) is 0 Å². The fourth-order valence-corrected chi connectivity index (χ4v) is 2.76. The summed E-state index contributed by atoms with van der Waals surface area (Å²) >= 11 is 0. The summed E-state index contributed by atoms with van der Waals surface area (Å²) in [5.74, 6) is 1.29. The third-order valence-electron chi connectivity index (χ3n) is 3.71. The fraction of sp³-hybridized carbons (Fsp3) is 0.562. The van der Waals surface area contributed by atoms with E-state index < -0.39 is 0 Å². The van der Waals surface area contributed by atoms with E-state index in [9.17, 15) is 4.79 Å². The van der Waals surface area contributed by atoms with Gasteiger partial charge in [0.1, 0.15) is 5.76 Å². The van der Waals surface area contributed by atoms with Crippen LogP contribution in [0.15, 0.2) is 22.3 Å². The van der Waals surface area contributed by atoms with Crippen LogP contribution in [0.5, 0.6) is 0 Å². The van der Waals surface area contributed by atoms with E-state index in [1.54, 1.807) is 13.4 Å². The maximum absolute atomic E-state index is 12.4. The van der Waals surface area contributed by atoms with Crippen LogP contribution in [0.25, 0.3) is 0 Å². The molecular formula is C16H22O3. The molecule has 2 atom stereocenters. The molecule has 0 saturated carbocycles. The highest BCUT2D eigenvalue weighted by Crippen LogP contribution is 2.26. The van der Waals surface area contributed by atoms with Crippen molar-refractivity contribution in [1.29, 1.82) is 0 Å². The lowest BCUT2D eigenvalue weighted by molar-refractivity contribution is 0.0913. The summed E-state index contributed by atoms with van der Waals surface area (Å²) in [7, 11) is 1.72. The zero-order valence-electron chi connectivity index (χ0n) is 12.2. The molecule has 0 radical (unpaired) electrons. The molecule has 3 nitrogen and oxygen atoms in total. The first-order valence-corrected chi connectivity index (χ1v) is 6.81. The summed E-state index contributed by atoms with van der Waals surface area (Å²) in [6, 6.07) is 0. The number of carbonyl (C=O) groups excluding carboxylic acids is 1. The Morgan fingerprint density at radius 1 is 1.37 bits per heavy atom. The molecule has 0 amide bonds. The lowest BCUT2D eigenvalue weighted by Crippen LogP contribution is -2.18. The summed E-state index contributed by atoms with van der Waals surface area (Å²) in [4.78, 5) is 12.4. The largest absolute Gasteiger partial charge is 0.468 e. The number of hydrogen-bond acceptors (Lipinski definition) is 3. The summed E-state index contributed by atoms with van der Waals surface area (Å²) < 4.78 is 11.0. The third-order valence-corrected chi connectivity index (χ3v) is 3.71. The van der Waals surface area contributed by atoms with Gasteiger partial charge < -0.3 is 9.15 Å². The van der Waals surface area contributed by atoms with E-state index >= 15 is 0 Å². The summed E-state index contributed by atoms with van der Waals surface area (Å²) in [6.45, 7) is 6.10. The van der Waals surface area contributed by atoms with Gasteiger partial charge >= 0.3 is 0 Å². The van der Waals surface area contributed by atoms with Crippen molar-refractivity contribution in [2.45, 2.75) is 46.1 Å². The molecule has 0 bridgehead atoms. The van der Waals surface area contributed by atoms with E-state index in [1.807, 2.05) is 6.92 Å². The number of carbonyl (C=O) groups is 1. The van der Waals surface area contributed by atoms with Crippen LogP contribution in [0, 0.1) is 12.8 Å². The number of rotatable bonds is 1. The minimum absolute atomic E-state index is 0.0837. The summed E-state index contributed by atoms with van der Waals surface area (Å²) in [5.41, 5.74) is 2.92. The monoisotopic (exact) mass is 262 g/mol. The van der Waals surface area contributed by atoms with Crippen LogP contribution in [-0.2, 0) is 11.2 Å². The number of Topliss-reactive ketones (excluding diaryl/α,β-unsaturated/α-hetero) is 1. The zero-order valence-corrected chi connectivity index (χ0v) is 12.2. The van der Waals surface area contributed by atoms with Crippen LogP contribution in [-0.4, -0.2) is 19.0 Å². The van der Waals surface area contributed by atoms with Crippen molar-refractivity contribution in [3.8, 4) is 0 Å². The van der Waals surface area contributed by atoms with E-state index in [-0.39, 0.29) is 11.9 Å². The van der Waals surface area contributed by atoms with Gasteiger partial charge in [-0.1, -0.05) is 18.6 Å². The summed E-state index contributed by atoms with van der Waals surface area (Å²) in [5, 5.41) is 0. The van der Waals surface area contributed by atoms with E-state index in [4.69, 9.17) is 9.15 Å². The molecule has 2 rings (SSSR count). The second-order valence-electron chi connectivity index (χ2n) is 5.65. The predicted octanol–water partition coefficient (Wildman–Crippen LogP) is 3.70. The molecule has 1 aromatic heterocycles. The normalized spacial score (nSPS) is 27.6. The number of ketones is 1. The van der Waals surface area contributed by atoms with Crippen molar-refractivity contribution in [2.75, 3.05) is 7.11 Å². The highest BCUT2D eigenvalue weighted by molar-refractivity contribution is 5.98. The molecule has 2 unspecified atom stereocenters. The SMILES string of the molecule is COC1/C=C(\C)Cc2occ(C)c2C(=O)CC(C)C1. The van der Waals surface area contributed by atoms with E-state index in [0.717, 1.165) is 23.3 Å². The van der Waals surface area contributed by atoms with Gasteiger partial charge in [0, 0.05) is 20.0 Å². The molecule has 104 valence electrons. The summed E-state index contributed by atoms with van der Waals surface area (Å²) in [6.07, 6.45) is 6.04. The molecule has 3 heteroatoms. The standard InChI is InChI=1S/C16H22O3/c1-10-5-13(18-4)6-11(2)8-15-16(14(17)7-10)12(3)9-19-15/h6,9-10,13H,5,7-8H2,1-4H3/b11-6+. The molecule has 1 aliphatic rings. The Hall–Kier alpha value is -1.35. The Bertz CT molecular complexity index is 496. The number of methoxy groups -OCH3 is 1. The van der Waals surface area contributed by atoms with Crippen LogP contribution >= 0.6 is 0 Å². The van der Waals surface area contributed by atoms with Gasteiger partial charge in [-0.05, 0) is 31.7 Å². The lowest BCUT2D eigenvalue weighted by atomic mass is 9.90. The average molecular weight is 262 g/mol. The molecule has 0 aliphatic heterocycles. The average Bonchev–Trinajstić information content (AvgIpc) is 2.68. The topological polar surface area (TPSA) is 39.4 Å². The van der Waals surface area contributed by atoms with Crippen molar-refractivity contribution in [3.05, 3.63) is 34.8 Å². The van der Waals surface area contributed by atoms with Gasteiger partial charge in [-0.15, -0.1) is 0 Å². The predicted molar refractivity (Wildman–Crippen MR) is 74.4 cm³/mol. The minimum Gasteiger partial charge on any atom is -0.468 e. The Balaban J connectivity index is 2.40. The Morgan fingerprint density at radius 2 is 2.11 bits per heavy atom. The number of fused-ring (bicyclic) bond motifs is 1. The number of hydrogen-bond donors (Lipinski definition) is 0. The zero-order chi connectivity index (χ0) is 14.0. The third kappa shape index (κ3) is 3.16. The minimum atomic E-state index is 0.0837. The smallest absolute Gasteiger partial charge is 0.166 e. The second kappa shape index (κ2) is 5.74. The van der Waals surface area contributed by atoms with Crippen molar-refractivity contribution in [1.82, 2.24) is 0 Å². The highest BCUT2D eigenvalue weighted by Gasteiger charge is 2.23. The number of allylic oxidation sites excluding steroid dienone is 1. The number of ether oxygens (including phenoxy) is 1. The van der Waals surface area contributed by atoms with Crippen LogP contribution in [0.2, 0.25) is 0 Å². The van der Waals surface area contributed by atoms with Crippen LogP contribution < -0.4 is 0 Å². The molecule has 1 heterocycles. The highest BCUT2D eigenvalue weighted by atomic mass is 16.5. The van der Waals surface area contributed by atoms with Gasteiger partial charge in [0.15, 0.2) is 5.78 Å². The molecule has 0 saturated heterocycles. The van der Waals surface area contributed by atoms with Gasteiger partial charge in [-0.2, -0.15) is 0 Å². The molecule has 1 aromatic rings. The lowest BCUT2D eigenvalue weighted by Gasteiger charge is -2.19. The number of aryl methyl sites for hydroxylation is 1. The van der Waals surface area contributed by atoms with E-state index in [1.165, 1.54) is 5.57 Å². The van der Waals surface area contributed by atoms with Crippen LogP contribution in [0.1, 0.15) is 48.4 Å². The van der Waals surface area contributed by atoms with Crippen molar-refractivity contribution in [2.24, 2.45) is 5.92 Å². The Morgan fingerprint density at radius 3 is 2.79 bits per heavy atom. The van der Waals surface area contributed by atoms with Crippen molar-refractivity contribution in [3.63, 3.8) is 0 Å². The van der Waals surface area contributed by atoms with Gasteiger partial charge in [-0.25, -0.2) is 0 Å². The molecule has 0 spiro atoms. The molecule has 19 heavy (non-hydrogen) atoms. The van der Waals surface area contributed by atoms with Crippen LogP contribution in [0.3, 0.4) is 0 Å². The molecular weight excluding hydrogens is 240 g/mol. The van der Waals surface area contributed by atoms with Gasteiger partial charge in [0.25, 0.3) is 0 Å². The van der Waals surface area contributed by atoms with Crippen LogP contribution in [0.4, 0.5) is 0 Å². The molecule has 0 fully saturated rings. The molecule has 1 aliphatic carbocycles. The van der Waals surface area contributed by atoms with Gasteiger partial charge in [-0.3, -0.25) is 4.79 Å². The maximum atomic E-state index is 12.4. The first-order chi connectivity index (χ1) is 9.01. The second-order valence-corrected chi connectivity index (χ2v) is 5.65. The first-order valence-electron chi connectivity index (χ1n) is 6.81.